The highest BCUT2D eigenvalue weighted by Crippen LogP contribution is 2.40. The van der Waals surface area contributed by atoms with Crippen LogP contribution >= 0.6 is 0 Å². The summed E-state index contributed by atoms with van der Waals surface area (Å²) in [6.45, 7) is 16.9. The number of rotatable bonds is 5. The maximum absolute atomic E-state index is 14.4. The van der Waals surface area contributed by atoms with E-state index in [1.54, 1.807) is 6.07 Å². The van der Waals surface area contributed by atoms with Gasteiger partial charge in [-0.25, -0.2) is 8.78 Å². The SMILES string of the molecule is CCOc1cc(F)c(F)c(N2CCC(O[Si](C)(C)C(C)(C)C)C(C)C2)c1. The molecule has 1 saturated heterocycles. The van der Waals surface area contributed by atoms with E-state index in [1.165, 1.54) is 0 Å². The van der Waals surface area contributed by atoms with E-state index in [1.807, 2.05) is 11.8 Å². The minimum absolute atomic E-state index is 0.158. The van der Waals surface area contributed by atoms with Crippen LogP contribution in [0.25, 0.3) is 0 Å². The molecule has 0 N–H and O–H groups in total. The third-order valence-corrected chi connectivity index (χ3v) is 10.2. The van der Waals surface area contributed by atoms with Crippen molar-refractivity contribution in [3.8, 4) is 5.75 Å². The normalized spacial score (nSPS) is 21.8. The molecule has 1 aliphatic rings. The van der Waals surface area contributed by atoms with E-state index >= 15 is 0 Å². The summed E-state index contributed by atoms with van der Waals surface area (Å²) in [4.78, 5) is 1.91. The molecule has 1 aliphatic heterocycles. The van der Waals surface area contributed by atoms with Crippen molar-refractivity contribution in [2.45, 2.75) is 65.3 Å². The second kappa shape index (κ2) is 7.85. The molecule has 3 nitrogen and oxygen atoms in total. The molecule has 0 saturated carbocycles. The van der Waals surface area contributed by atoms with Gasteiger partial charge in [0, 0.05) is 25.2 Å². The van der Waals surface area contributed by atoms with Gasteiger partial charge in [0.1, 0.15) is 5.75 Å². The average molecular weight is 386 g/mol. The highest BCUT2D eigenvalue weighted by molar-refractivity contribution is 6.74. The van der Waals surface area contributed by atoms with Crippen LogP contribution < -0.4 is 9.64 Å². The van der Waals surface area contributed by atoms with E-state index in [9.17, 15) is 8.78 Å². The number of hydrogen-bond acceptors (Lipinski definition) is 3. The molecule has 2 atom stereocenters. The van der Waals surface area contributed by atoms with Crippen LogP contribution in [0.1, 0.15) is 41.0 Å². The molecule has 1 heterocycles. The summed E-state index contributed by atoms with van der Waals surface area (Å²) < 4.78 is 40.3. The fraction of sp³-hybridized carbons (Fsp3) is 0.700. The predicted octanol–water partition coefficient (Wildman–Crippen LogP) is 5.60. The van der Waals surface area contributed by atoms with Crippen molar-refractivity contribution in [1.29, 1.82) is 0 Å². The zero-order valence-electron chi connectivity index (χ0n) is 17.2. The van der Waals surface area contributed by atoms with E-state index in [-0.39, 0.29) is 22.7 Å². The van der Waals surface area contributed by atoms with Gasteiger partial charge < -0.3 is 14.1 Å². The number of hydrogen-bond donors (Lipinski definition) is 0. The summed E-state index contributed by atoms with van der Waals surface area (Å²) in [5.74, 6) is -1.05. The van der Waals surface area contributed by atoms with E-state index < -0.39 is 20.0 Å². The zero-order valence-corrected chi connectivity index (χ0v) is 18.2. The van der Waals surface area contributed by atoms with Crippen molar-refractivity contribution in [1.82, 2.24) is 0 Å². The van der Waals surface area contributed by atoms with Crippen LogP contribution in [0.3, 0.4) is 0 Å². The molecular weight excluding hydrogens is 352 g/mol. The Morgan fingerprint density at radius 3 is 2.42 bits per heavy atom. The lowest BCUT2D eigenvalue weighted by molar-refractivity contribution is 0.106. The predicted molar refractivity (Wildman–Crippen MR) is 106 cm³/mol. The Morgan fingerprint density at radius 2 is 1.88 bits per heavy atom. The number of halogens is 2. The maximum Gasteiger partial charge on any atom is 0.192 e. The molecule has 0 aliphatic carbocycles. The smallest absolute Gasteiger partial charge is 0.192 e. The van der Waals surface area contributed by atoms with Crippen molar-refractivity contribution in [2.75, 3.05) is 24.6 Å². The number of piperidine rings is 1. The summed E-state index contributed by atoms with van der Waals surface area (Å²) in [6, 6.07) is 2.71. The Hall–Kier alpha value is -1.14. The fourth-order valence-electron chi connectivity index (χ4n) is 3.10. The van der Waals surface area contributed by atoms with Crippen molar-refractivity contribution in [3.05, 3.63) is 23.8 Å². The Kier molecular flexibility index (Phi) is 6.39. The van der Waals surface area contributed by atoms with Gasteiger partial charge in [-0.2, -0.15) is 0 Å². The molecule has 0 aromatic heterocycles. The van der Waals surface area contributed by atoms with E-state index in [0.717, 1.165) is 12.5 Å². The standard InChI is InChI=1S/C20H33F2NO2Si/c1-8-24-15-11-16(21)19(22)17(12-15)23-10-9-18(14(2)13-23)25-26(6,7)20(3,4)5/h11-12,14,18H,8-10,13H2,1-7H3. The molecule has 1 aromatic carbocycles. The van der Waals surface area contributed by atoms with E-state index in [2.05, 4.69) is 40.8 Å². The molecule has 1 fully saturated rings. The third-order valence-electron chi connectivity index (χ3n) is 5.71. The molecule has 0 bridgehead atoms. The first-order chi connectivity index (χ1) is 12.0. The molecule has 0 spiro atoms. The van der Waals surface area contributed by atoms with Crippen molar-refractivity contribution in [2.24, 2.45) is 5.92 Å². The summed E-state index contributed by atoms with van der Waals surface area (Å²) in [5.41, 5.74) is 0.283. The van der Waals surface area contributed by atoms with Gasteiger partial charge in [-0.05, 0) is 37.4 Å². The zero-order chi connectivity index (χ0) is 19.7. The number of anilines is 1. The second-order valence-electron chi connectivity index (χ2n) is 8.80. The van der Waals surface area contributed by atoms with E-state index in [0.29, 0.717) is 25.4 Å². The summed E-state index contributed by atoms with van der Waals surface area (Å²) in [6.07, 6.45) is 0.975. The Bertz CT molecular complexity index is 631. The lowest BCUT2D eigenvalue weighted by atomic mass is 9.96. The summed E-state index contributed by atoms with van der Waals surface area (Å²) in [7, 11) is -1.85. The van der Waals surface area contributed by atoms with Crippen molar-refractivity contribution >= 4 is 14.0 Å². The maximum atomic E-state index is 14.4. The first-order valence-corrected chi connectivity index (χ1v) is 12.4. The Balaban J connectivity index is 2.14. The highest BCUT2D eigenvalue weighted by atomic mass is 28.4. The van der Waals surface area contributed by atoms with Gasteiger partial charge in [-0.3, -0.25) is 0 Å². The third kappa shape index (κ3) is 4.57. The van der Waals surface area contributed by atoms with Gasteiger partial charge >= 0.3 is 0 Å². The highest BCUT2D eigenvalue weighted by Gasteiger charge is 2.41. The van der Waals surface area contributed by atoms with Crippen LogP contribution in [0, 0.1) is 17.6 Å². The molecule has 0 amide bonds. The van der Waals surface area contributed by atoms with Crippen LogP contribution in [0.5, 0.6) is 5.75 Å². The number of benzene rings is 1. The van der Waals surface area contributed by atoms with Gasteiger partial charge in [0.15, 0.2) is 20.0 Å². The van der Waals surface area contributed by atoms with Crippen LogP contribution in [-0.2, 0) is 4.43 Å². The molecule has 148 valence electrons. The Labute approximate surface area is 157 Å². The van der Waals surface area contributed by atoms with Gasteiger partial charge in [0.05, 0.1) is 18.4 Å². The molecule has 26 heavy (non-hydrogen) atoms. The van der Waals surface area contributed by atoms with Gasteiger partial charge in [0.25, 0.3) is 0 Å². The topological polar surface area (TPSA) is 21.7 Å². The number of ether oxygens (including phenoxy) is 1. The average Bonchev–Trinajstić information content (AvgIpc) is 2.51. The number of nitrogens with zero attached hydrogens (tertiary/aromatic N) is 1. The molecular formula is C20H33F2NO2Si. The molecule has 2 unspecified atom stereocenters. The van der Waals surface area contributed by atoms with E-state index in [4.69, 9.17) is 9.16 Å². The van der Waals surface area contributed by atoms with Gasteiger partial charge in [-0.15, -0.1) is 0 Å². The fourth-order valence-corrected chi connectivity index (χ4v) is 4.56. The molecule has 1 aromatic rings. The van der Waals surface area contributed by atoms with Crippen molar-refractivity contribution in [3.63, 3.8) is 0 Å². The minimum atomic E-state index is -1.85. The first kappa shape index (κ1) is 21.2. The van der Waals surface area contributed by atoms with Gasteiger partial charge in [0.2, 0.25) is 0 Å². The van der Waals surface area contributed by atoms with Gasteiger partial charge in [-0.1, -0.05) is 27.7 Å². The second-order valence-corrected chi connectivity index (χ2v) is 13.6. The van der Waals surface area contributed by atoms with Crippen LogP contribution in [-0.4, -0.2) is 34.1 Å². The largest absolute Gasteiger partial charge is 0.494 e. The minimum Gasteiger partial charge on any atom is -0.494 e. The monoisotopic (exact) mass is 385 g/mol. The lowest BCUT2D eigenvalue weighted by Gasteiger charge is -2.45. The van der Waals surface area contributed by atoms with Crippen molar-refractivity contribution < 1.29 is 17.9 Å². The van der Waals surface area contributed by atoms with Crippen LogP contribution in [0.15, 0.2) is 12.1 Å². The summed E-state index contributed by atoms with van der Waals surface area (Å²) in [5, 5.41) is 0.158. The van der Waals surface area contributed by atoms with Crippen LogP contribution in [0.2, 0.25) is 18.1 Å². The van der Waals surface area contributed by atoms with Crippen LogP contribution in [0.4, 0.5) is 14.5 Å². The quantitative estimate of drug-likeness (QED) is 0.616. The lowest BCUT2D eigenvalue weighted by Crippen LogP contribution is -2.50. The summed E-state index contributed by atoms with van der Waals surface area (Å²) >= 11 is 0. The molecule has 6 heteroatoms. The molecule has 2 rings (SSSR count). The molecule has 0 radical (unpaired) electrons. The first-order valence-electron chi connectivity index (χ1n) is 9.51. The Morgan fingerprint density at radius 1 is 1.23 bits per heavy atom.